The molecule has 1 amide bonds. The van der Waals surface area contributed by atoms with E-state index in [1.807, 2.05) is 20.8 Å². The zero-order valence-corrected chi connectivity index (χ0v) is 15.6. The van der Waals surface area contributed by atoms with Gasteiger partial charge in [-0.05, 0) is 37.0 Å². The Balaban J connectivity index is 2.51. The summed E-state index contributed by atoms with van der Waals surface area (Å²) in [4.78, 5) is 16.0. The van der Waals surface area contributed by atoms with Gasteiger partial charge in [0.25, 0.3) is 0 Å². The predicted molar refractivity (Wildman–Crippen MR) is 93.8 cm³/mol. The number of alkyl halides is 1. The van der Waals surface area contributed by atoms with E-state index >= 15 is 0 Å². The molecule has 0 heterocycles. The average Bonchev–Trinajstić information content (AvgIpc) is 2.40. The Morgan fingerprint density at radius 2 is 2.10 bits per heavy atom. The molecule has 1 N–H and O–H groups in total. The highest BCUT2D eigenvalue weighted by Crippen LogP contribution is 2.38. The molecule has 1 fully saturated rings. The van der Waals surface area contributed by atoms with Gasteiger partial charge in [-0.15, -0.1) is 0 Å². The number of aliphatic imine (C=N–C) groups is 1. The molecule has 0 saturated heterocycles. The molecule has 5 atom stereocenters. The summed E-state index contributed by atoms with van der Waals surface area (Å²) in [6, 6.07) is 0. The average molecular weight is 409 g/mol. The van der Waals surface area contributed by atoms with Crippen molar-refractivity contribution < 1.29 is 14.6 Å². The quantitative estimate of drug-likeness (QED) is 0.317. The van der Waals surface area contributed by atoms with Gasteiger partial charge in [0, 0.05) is 16.1 Å². The molecule has 1 aliphatic carbocycles. The van der Waals surface area contributed by atoms with Crippen LogP contribution in [-0.4, -0.2) is 34.0 Å². The molecule has 0 aliphatic heterocycles. The number of carbonyl (C=O) groups excluding carboxylic acids is 1. The highest BCUT2D eigenvalue weighted by Gasteiger charge is 2.35. The van der Waals surface area contributed by atoms with Crippen LogP contribution in [0.5, 0.6) is 0 Å². The van der Waals surface area contributed by atoms with Crippen molar-refractivity contribution in [1.29, 1.82) is 0 Å². The fourth-order valence-corrected chi connectivity index (χ4v) is 4.70. The maximum absolute atomic E-state index is 12.0. The van der Waals surface area contributed by atoms with E-state index < -0.39 is 0 Å². The van der Waals surface area contributed by atoms with Crippen LogP contribution in [0.4, 0.5) is 0 Å². The van der Waals surface area contributed by atoms with E-state index in [2.05, 4.69) is 34.5 Å². The van der Waals surface area contributed by atoms with E-state index in [0.29, 0.717) is 21.7 Å². The molecule has 0 aromatic carbocycles. The topological polar surface area (TPSA) is 58.9 Å². The van der Waals surface area contributed by atoms with Gasteiger partial charge in [0.15, 0.2) is 0 Å². The molecule has 0 aromatic rings. The number of amides is 1. The van der Waals surface area contributed by atoms with Crippen molar-refractivity contribution >= 4 is 34.7 Å². The van der Waals surface area contributed by atoms with Crippen LogP contribution in [-0.2, 0) is 9.53 Å². The Labute approximate surface area is 141 Å². The summed E-state index contributed by atoms with van der Waals surface area (Å²) in [6.45, 7) is 7.97. The maximum Gasteiger partial charge on any atom is 0.248 e. The van der Waals surface area contributed by atoms with Gasteiger partial charge in [-0.2, -0.15) is 0 Å². The largest absolute Gasteiger partial charge is 0.371 e. The zero-order valence-electron chi connectivity index (χ0n) is 13.5. The van der Waals surface area contributed by atoms with Crippen molar-refractivity contribution in [1.82, 2.24) is 0 Å². The second kappa shape index (κ2) is 9.20. The molecule has 0 radical (unpaired) electrons. The molecule has 1 unspecified atom stereocenters. The van der Waals surface area contributed by atoms with Crippen LogP contribution < -0.4 is 0 Å². The summed E-state index contributed by atoms with van der Waals surface area (Å²) < 4.78 is 5.82. The Kier molecular flexibility index (Phi) is 8.34. The van der Waals surface area contributed by atoms with Crippen molar-refractivity contribution in [2.24, 2.45) is 28.7 Å². The molecule has 1 aliphatic rings. The smallest absolute Gasteiger partial charge is 0.248 e. The summed E-state index contributed by atoms with van der Waals surface area (Å²) in [7, 11) is 0. The number of carbonyl (C=O) groups is 1. The van der Waals surface area contributed by atoms with Crippen molar-refractivity contribution in [2.75, 3.05) is 6.79 Å². The van der Waals surface area contributed by atoms with Crippen molar-refractivity contribution in [3.63, 3.8) is 0 Å². The van der Waals surface area contributed by atoms with E-state index in [1.54, 1.807) is 6.21 Å². The molecular weight excluding hydrogens is 381 g/mol. The van der Waals surface area contributed by atoms with E-state index in [0.717, 1.165) is 19.3 Å². The Hall–Kier alpha value is -0.0100. The van der Waals surface area contributed by atoms with Crippen LogP contribution in [0.25, 0.3) is 0 Å². The molecule has 21 heavy (non-hydrogen) atoms. The number of hydrogen-bond acceptors (Lipinski definition) is 3. The van der Waals surface area contributed by atoms with Gasteiger partial charge in [-0.3, -0.25) is 4.79 Å². The first kappa shape index (κ1) is 19.0. The number of ether oxygens (including phenoxy) is 1. The minimum absolute atomic E-state index is 0.00454. The fraction of sp³-hybridized carbons (Fsp3) is 0.875. The molecule has 0 spiro atoms. The monoisotopic (exact) mass is 409 g/mol. The van der Waals surface area contributed by atoms with Crippen molar-refractivity contribution in [3.05, 3.63) is 0 Å². The van der Waals surface area contributed by atoms with Crippen LogP contribution in [0.2, 0.25) is 0 Å². The zero-order chi connectivity index (χ0) is 16.0. The Morgan fingerprint density at radius 3 is 2.62 bits per heavy atom. The maximum atomic E-state index is 12.0. The molecule has 4 nitrogen and oxygen atoms in total. The first-order valence-corrected chi connectivity index (χ1v) is 9.04. The Morgan fingerprint density at radius 1 is 1.43 bits per heavy atom. The predicted octanol–water partition coefficient (Wildman–Crippen LogP) is 3.45. The third-order valence-electron chi connectivity index (χ3n) is 4.06. The van der Waals surface area contributed by atoms with E-state index in [1.165, 1.54) is 0 Å². The van der Waals surface area contributed by atoms with Gasteiger partial charge in [-0.1, -0.05) is 50.3 Å². The lowest BCUT2D eigenvalue weighted by Gasteiger charge is -2.38. The van der Waals surface area contributed by atoms with Gasteiger partial charge in [0.2, 0.25) is 5.91 Å². The minimum atomic E-state index is -0.210. The highest BCUT2D eigenvalue weighted by molar-refractivity contribution is 14.1. The second-order valence-electron chi connectivity index (χ2n) is 6.59. The number of aliphatic hydroxyl groups excluding tert-OH is 1. The molecule has 5 heteroatoms. The van der Waals surface area contributed by atoms with Crippen LogP contribution in [0.3, 0.4) is 0 Å². The fourth-order valence-electron chi connectivity index (χ4n) is 3.06. The lowest BCUT2D eigenvalue weighted by Crippen LogP contribution is -2.39. The molecule has 1 rings (SSSR count). The third-order valence-corrected chi connectivity index (χ3v) is 5.27. The van der Waals surface area contributed by atoms with Crippen LogP contribution in [0.15, 0.2) is 4.99 Å². The van der Waals surface area contributed by atoms with Crippen molar-refractivity contribution in [2.45, 2.75) is 57.0 Å². The summed E-state index contributed by atoms with van der Waals surface area (Å²) in [5.74, 6) is 1.24. The van der Waals surface area contributed by atoms with Gasteiger partial charge in [-0.25, -0.2) is 4.99 Å². The normalized spacial score (nSPS) is 31.8. The number of aliphatic hydroxyl groups is 1. The molecule has 0 aromatic heterocycles. The Bertz CT molecular complexity index is 347. The summed E-state index contributed by atoms with van der Waals surface area (Å²) in [5, 5.41) is 8.96. The first-order valence-electron chi connectivity index (χ1n) is 7.79. The summed E-state index contributed by atoms with van der Waals surface area (Å²) in [6.07, 6.45) is 4.84. The number of nitrogens with zero attached hydrogens (tertiary/aromatic N) is 1. The molecular formula is C16H28INO3. The number of halogens is 1. The van der Waals surface area contributed by atoms with Gasteiger partial charge in [0.05, 0.1) is 6.10 Å². The van der Waals surface area contributed by atoms with Crippen LogP contribution in [0.1, 0.15) is 47.0 Å². The molecule has 1 saturated carbocycles. The summed E-state index contributed by atoms with van der Waals surface area (Å²) in [5.41, 5.74) is 0. The van der Waals surface area contributed by atoms with E-state index in [9.17, 15) is 4.79 Å². The minimum Gasteiger partial charge on any atom is -0.371 e. The van der Waals surface area contributed by atoms with Crippen LogP contribution in [0, 0.1) is 23.7 Å². The van der Waals surface area contributed by atoms with Crippen molar-refractivity contribution in [3.8, 4) is 0 Å². The molecule has 0 bridgehead atoms. The SMILES string of the molecule is CC(C)C=NC(=O)[C@@H](C)C[C@H]1C[C@@H](I)C(OCO)[C@@H](C)C1. The molecule has 122 valence electrons. The first-order chi connectivity index (χ1) is 9.85. The lowest BCUT2D eigenvalue weighted by atomic mass is 9.76. The van der Waals surface area contributed by atoms with Crippen LogP contribution >= 0.6 is 22.6 Å². The highest BCUT2D eigenvalue weighted by atomic mass is 127. The standard InChI is InChI=1S/C16H28INO3/c1-10(2)8-18-16(20)12(4)6-13-5-11(3)15(21-9-19)14(17)7-13/h8,10-15,19H,5-7,9H2,1-4H3/t11-,12-,13-,14+,15?/m0/s1. The van der Waals surface area contributed by atoms with Gasteiger partial charge in [0.1, 0.15) is 6.79 Å². The number of rotatable bonds is 6. The van der Waals surface area contributed by atoms with Gasteiger partial charge < -0.3 is 9.84 Å². The second-order valence-corrected chi connectivity index (χ2v) is 8.19. The van der Waals surface area contributed by atoms with E-state index in [4.69, 9.17) is 9.84 Å². The van der Waals surface area contributed by atoms with Gasteiger partial charge >= 0.3 is 0 Å². The third kappa shape index (κ3) is 6.32. The lowest BCUT2D eigenvalue weighted by molar-refractivity contribution is -0.122. The number of hydrogen-bond donors (Lipinski definition) is 1. The summed E-state index contributed by atoms with van der Waals surface area (Å²) >= 11 is 2.41. The van der Waals surface area contributed by atoms with E-state index in [-0.39, 0.29) is 24.7 Å².